The Balaban J connectivity index is 1.83. The summed E-state index contributed by atoms with van der Waals surface area (Å²) in [7, 11) is 0. The van der Waals surface area contributed by atoms with Gasteiger partial charge in [0.15, 0.2) is 0 Å². The molecule has 3 atom stereocenters. The minimum Gasteiger partial charge on any atom is -0.318 e. The zero-order chi connectivity index (χ0) is 14.3. The molecular formula is C16H24N2OS. The van der Waals surface area contributed by atoms with Crippen molar-refractivity contribution in [2.75, 3.05) is 6.54 Å². The predicted molar refractivity (Wildman–Crippen MR) is 82.6 cm³/mol. The van der Waals surface area contributed by atoms with Crippen molar-refractivity contribution >= 4 is 17.2 Å². The summed E-state index contributed by atoms with van der Waals surface area (Å²) in [4.78, 5) is 17.1. The number of nitrogens with zero attached hydrogens (tertiary/aromatic N) is 1. The fraction of sp³-hybridized carbons (Fsp3) is 0.688. The Bertz CT molecular complexity index is 488. The summed E-state index contributed by atoms with van der Waals surface area (Å²) < 4.78 is 0. The van der Waals surface area contributed by atoms with Gasteiger partial charge in [0, 0.05) is 15.8 Å². The van der Waals surface area contributed by atoms with Crippen LogP contribution in [0.25, 0.3) is 0 Å². The third-order valence-electron chi connectivity index (χ3n) is 4.59. The molecule has 1 N–H and O–H groups in total. The van der Waals surface area contributed by atoms with E-state index in [1.54, 1.807) is 11.3 Å². The number of aryl methyl sites for hydroxylation is 1. The maximum absolute atomic E-state index is 12.3. The molecule has 0 spiro atoms. The lowest BCUT2D eigenvalue weighted by atomic mass is 9.79. The first-order valence-corrected chi connectivity index (χ1v) is 8.47. The highest BCUT2D eigenvalue weighted by molar-refractivity contribution is 7.12. The van der Waals surface area contributed by atoms with Crippen molar-refractivity contribution in [3.8, 4) is 0 Å². The number of carbonyl (C=O) groups is 1. The van der Waals surface area contributed by atoms with Crippen LogP contribution < -0.4 is 5.32 Å². The van der Waals surface area contributed by atoms with E-state index >= 15 is 0 Å². The quantitative estimate of drug-likeness (QED) is 0.907. The Morgan fingerprint density at radius 1 is 1.20 bits per heavy atom. The SMILES string of the molecule is Cc1ccc(C2NCC(=O)N2C2CC(C)CC(C)C2)s1. The van der Waals surface area contributed by atoms with Crippen molar-refractivity contribution in [1.29, 1.82) is 0 Å². The maximum Gasteiger partial charge on any atom is 0.238 e. The molecule has 0 bridgehead atoms. The predicted octanol–water partition coefficient (Wildman–Crippen LogP) is 3.31. The molecule has 3 unspecified atom stereocenters. The van der Waals surface area contributed by atoms with Crippen molar-refractivity contribution < 1.29 is 4.79 Å². The van der Waals surface area contributed by atoms with E-state index in [0.29, 0.717) is 12.6 Å². The molecule has 1 aromatic rings. The Kier molecular flexibility index (Phi) is 3.87. The van der Waals surface area contributed by atoms with Crippen LogP contribution in [0.15, 0.2) is 12.1 Å². The van der Waals surface area contributed by atoms with Gasteiger partial charge in [-0.2, -0.15) is 0 Å². The summed E-state index contributed by atoms with van der Waals surface area (Å²) >= 11 is 1.80. The van der Waals surface area contributed by atoms with E-state index < -0.39 is 0 Å². The standard InChI is InChI=1S/C16H24N2OS/c1-10-6-11(2)8-13(7-10)18-15(19)9-17-16(18)14-5-4-12(3)20-14/h4-5,10-11,13,16-17H,6-9H2,1-3H3. The van der Waals surface area contributed by atoms with E-state index in [-0.39, 0.29) is 12.1 Å². The largest absolute Gasteiger partial charge is 0.318 e. The second-order valence-corrected chi connectivity index (χ2v) is 7.92. The van der Waals surface area contributed by atoms with Crippen LogP contribution in [0.5, 0.6) is 0 Å². The molecule has 1 saturated carbocycles. The first-order chi connectivity index (χ1) is 9.54. The molecule has 0 radical (unpaired) electrons. The number of nitrogens with one attached hydrogen (secondary N) is 1. The summed E-state index contributed by atoms with van der Waals surface area (Å²) in [6, 6.07) is 4.72. The van der Waals surface area contributed by atoms with E-state index in [1.165, 1.54) is 16.2 Å². The highest BCUT2D eigenvalue weighted by atomic mass is 32.1. The van der Waals surface area contributed by atoms with Gasteiger partial charge in [-0.25, -0.2) is 0 Å². The van der Waals surface area contributed by atoms with E-state index in [0.717, 1.165) is 24.7 Å². The molecule has 20 heavy (non-hydrogen) atoms. The molecule has 110 valence electrons. The van der Waals surface area contributed by atoms with E-state index in [2.05, 4.69) is 43.1 Å². The van der Waals surface area contributed by atoms with Gasteiger partial charge in [0.1, 0.15) is 6.17 Å². The number of rotatable bonds is 2. The van der Waals surface area contributed by atoms with E-state index in [9.17, 15) is 4.79 Å². The van der Waals surface area contributed by atoms with Gasteiger partial charge >= 0.3 is 0 Å². The van der Waals surface area contributed by atoms with E-state index in [4.69, 9.17) is 0 Å². The Hall–Kier alpha value is -0.870. The van der Waals surface area contributed by atoms with Crippen molar-refractivity contribution in [2.24, 2.45) is 11.8 Å². The molecule has 1 amide bonds. The third kappa shape index (κ3) is 2.63. The minimum atomic E-state index is 0.101. The second-order valence-electron chi connectivity index (χ2n) is 6.60. The topological polar surface area (TPSA) is 32.3 Å². The van der Waals surface area contributed by atoms with Crippen LogP contribution in [-0.2, 0) is 4.79 Å². The van der Waals surface area contributed by atoms with Crippen molar-refractivity contribution in [3.05, 3.63) is 21.9 Å². The van der Waals surface area contributed by atoms with Crippen LogP contribution in [0.1, 0.15) is 49.0 Å². The zero-order valence-corrected chi connectivity index (χ0v) is 13.4. The van der Waals surface area contributed by atoms with Gasteiger partial charge in [0.25, 0.3) is 0 Å². The highest BCUT2D eigenvalue weighted by Crippen LogP contribution is 2.37. The monoisotopic (exact) mass is 292 g/mol. The Morgan fingerprint density at radius 3 is 2.50 bits per heavy atom. The average molecular weight is 292 g/mol. The molecule has 1 aliphatic carbocycles. The van der Waals surface area contributed by atoms with Gasteiger partial charge in [0.2, 0.25) is 5.91 Å². The number of carbonyl (C=O) groups excluding carboxylic acids is 1. The van der Waals surface area contributed by atoms with Gasteiger partial charge in [-0.05, 0) is 50.2 Å². The summed E-state index contributed by atoms with van der Waals surface area (Å²) in [5, 5.41) is 3.40. The number of hydrogen-bond acceptors (Lipinski definition) is 3. The van der Waals surface area contributed by atoms with Crippen LogP contribution in [-0.4, -0.2) is 23.4 Å². The molecule has 4 heteroatoms. The third-order valence-corrected chi connectivity index (χ3v) is 5.64. The van der Waals surface area contributed by atoms with Crippen LogP contribution in [0.2, 0.25) is 0 Å². The summed E-state index contributed by atoms with van der Waals surface area (Å²) in [5.74, 6) is 1.72. The summed E-state index contributed by atoms with van der Waals surface area (Å²) in [6.45, 7) is 7.25. The van der Waals surface area contributed by atoms with Crippen molar-refractivity contribution in [2.45, 2.75) is 52.2 Å². The highest BCUT2D eigenvalue weighted by Gasteiger charge is 2.39. The Labute approximate surface area is 125 Å². The molecular weight excluding hydrogens is 268 g/mol. The fourth-order valence-electron chi connectivity index (χ4n) is 3.90. The molecule has 2 aliphatic rings. The van der Waals surface area contributed by atoms with Crippen molar-refractivity contribution in [3.63, 3.8) is 0 Å². The van der Waals surface area contributed by atoms with Crippen LogP contribution in [0, 0.1) is 18.8 Å². The van der Waals surface area contributed by atoms with Crippen LogP contribution in [0.4, 0.5) is 0 Å². The van der Waals surface area contributed by atoms with Gasteiger partial charge in [-0.15, -0.1) is 11.3 Å². The van der Waals surface area contributed by atoms with E-state index in [1.807, 2.05) is 0 Å². The normalized spacial score (nSPS) is 34.8. The zero-order valence-electron chi connectivity index (χ0n) is 12.6. The lowest BCUT2D eigenvalue weighted by Crippen LogP contribution is -2.43. The molecule has 3 rings (SSSR count). The second kappa shape index (κ2) is 5.49. The molecule has 2 heterocycles. The van der Waals surface area contributed by atoms with Crippen LogP contribution >= 0.6 is 11.3 Å². The molecule has 2 fully saturated rings. The summed E-state index contributed by atoms with van der Waals surface area (Å²) in [5.41, 5.74) is 0. The smallest absolute Gasteiger partial charge is 0.238 e. The van der Waals surface area contributed by atoms with Gasteiger partial charge in [-0.3, -0.25) is 10.1 Å². The molecule has 1 saturated heterocycles. The molecule has 1 aliphatic heterocycles. The first kappa shape index (κ1) is 14.1. The van der Waals surface area contributed by atoms with Crippen molar-refractivity contribution in [1.82, 2.24) is 10.2 Å². The molecule has 1 aromatic heterocycles. The molecule has 0 aromatic carbocycles. The number of thiophene rings is 1. The first-order valence-electron chi connectivity index (χ1n) is 7.65. The molecule has 3 nitrogen and oxygen atoms in total. The van der Waals surface area contributed by atoms with Gasteiger partial charge in [-0.1, -0.05) is 13.8 Å². The van der Waals surface area contributed by atoms with Gasteiger partial charge < -0.3 is 4.90 Å². The maximum atomic E-state index is 12.3. The summed E-state index contributed by atoms with van der Waals surface area (Å²) in [6.07, 6.45) is 3.70. The minimum absolute atomic E-state index is 0.101. The average Bonchev–Trinajstić information content (AvgIpc) is 2.94. The fourth-order valence-corrected chi connectivity index (χ4v) is 4.85. The lowest BCUT2D eigenvalue weighted by molar-refractivity contribution is -0.131. The van der Waals surface area contributed by atoms with Gasteiger partial charge in [0.05, 0.1) is 6.54 Å². The Morgan fingerprint density at radius 2 is 1.90 bits per heavy atom. The lowest BCUT2D eigenvalue weighted by Gasteiger charge is -2.39. The number of amides is 1. The number of hydrogen-bond donors (Lipinski definition) is 1. The van der Waals surface area contributed by atoms with Crippen LogP contribution in [0.3, 0.4) is 0 Å².